The molecule has 0 bridgehead atoms. The SMILES string of the molecule is Cc1cc2ccccc2nc1NCCc1ccccc1F. The zero-order chi connectivity index (χ0) is 14.7. The number of fused-ring (bicyclic) bond motifs is 1. The second-order valence-corrected chi connectivity index (χ2v) is 5.11. The van der Waals surface area contributed by atoms with E-state index in [-0.39, 0.29) is 5.82 Å². The lowest BCUT2D eigenvalue weighted by molar-refractivity contribution is 0.610. The Balaban J connectivity index is 1.73. The molecule has 2 aromatic carbocycles. The van der Waals surface area contributed by atoms with Crippen molar-refractivity contribution in [3.8, 4) is 0 Å². The number of hydrogen-bond acceptors (Lipinski definition) is 2. The quantitative estimate of drug-likeness (QED) is 0.769. The number of para-hydroxylation sites is 1. The van der Waals surface area contributed by atoms with Crippen LogP contribution < -0.4 is 5.32 Å². The minimum atomic E-state index is -0.150. The summed E-state index contributed by atoms with van der Waals surface area (Å²) in [7, 11) is 0. The van der Waals surface area contributed by atoms with E-state index < -0.39 is 0 Å². The molecule has 2 nitrogen and oxygen atoms in total. The van der Waals surface area contributed by atoms with Crippen molar-refractivity contribution in [2.75, 3.05) is 11.9 Å². The third kappa shape index (κ3) is 3.02. The number of nitrogens with one attached hydrogen (secondary N) is 1. The van der Waals surface area contributed by atoms with Gasteiger partial charge in [-0.15, -0.1) is 0 Å². The first kappa shape index (κ1) is 13.6. The number of aromatic nitrogens is 1. The normalized spacial score (nSPS) is 10.8. The van der Waals surface area contributed by atoms with Gasteiger partial charge in [0.05, 0.1) is 5.52 Å². The minimum Gasteiger partial charge on any atom is -0.370 e. The van der Waals surface area contributed by atoms with E-state index in [9.17, 15) is 4.39 Å². The molecular weight excluding hydrogens is 263 g/mol. The van der Waals surface area contributed by atoms with E-state index in [4.69, 9.17) is 0 Å². The van der Waals surface area contributed by atoms with Gasteiger partial charge in [-0.25, -0.2) is 9.37 Å². The summed E-state index contributed by atoms with van der Waals surface area (Å²) >= 11 is 0. The Morgan fingerprint density at radius 3 is 2.67 bits per heavy atom. The third-order valence-electron chi connectivity index (χ3n) is 3.56. The van der Waals surface area contributed by atoms with Crippen LogP contribution >= 0.6 is 0 Å². The van der Waals surface area contributed by atoms with Gasteiger partial charge in [-0.3, -0.25) is 0 Å². The van der Waals surface area contributed by atoms with Crippen molar-refractivity contribution in [3.63, 3.8) is 0 Å². The lowest BCUT2D eigenvalue weighted by Gasteiger charge is -2.10. The predicted molar refractivity (Wildman–Crippen MR) is 85.1 cm³/mol. The summed E-state index contributed by atoms with van der Waals surface area (Å²) in [5, 5.41) is 4.44. The Morgan fingerprint density at radius 2 is 1.81 bits per heavy atom. The van der Waals surface area contributed by atoms with Gasteiger partial charge in [-0.2, -0.15) is 0 Å². The third-order valence-corrected chi connectivity index (χ3v) is 3.56. The van der Waals surface area contributed by atoms with Gasteiger partial charge in [0, 0.05) is 11.9 Å². The van der Waals surface area contributed by atoms with Crippen molar-refractivity contribution in [1.82, 2.24) is 4.98 Å². The molecule has 0 fully saturated rings. The number of anilines is 1. The highest BCUT2D eigenvalue weighted by Gasteiger charge is 2.04. The Hall–Kier alpha value is -2.42. The van der Waals surface area contributed by atoms with Crippen LogP contribution in [0.4, 0.5) is 10.2 Å². The molecule has 3 rings (SSSR count). The van der Waals surface area contributed by atoms with Crippen molar-refractivity contribution in [3.05, 3.63) is 71.5 Å². The van der Waals surface area contributed by atoms with Crippen molar-refractivity contribution in [1.29, 1.82) is 0 Å². The van der Waals surface area contributed by atoms with Gasteiger partial charge >= 0.3 is 0 Å². The van der Waals surface area contributed by atoms with Crippen molar-refractivity contribution in [2.24, 2.45) is 0 Å². The second-order valence-electron chi connectivity index (χ2n) is 5.11. The van der Waals surface area contributed by atoms with Crippen LogP contribution in [0.5, 0.6) is 0 Å². The molecule has 3 heteroatoms. The number of benzene rings is 2. The summed E-state index contributed by atoms with van der Waals surface area (Å²) in [4.78, 5) is 4.62. The Labute approximate surface area is 123 Å². The second kappa shape index (κ2) is 5.92. The number of hydrogen-bond donors (Lipinski definition) is 1. The number of rotatable bonds is 4. The fourth-order valence-corrected chi connectivity index (χ4v) is 2.42. The first-order valence-corrected chi connectivity index (χ1v) is 7.08. The Morgan fingerprint density at radius 1 is 1.05 bits per heavy atom. The van der Waals surface area contributed by atoms with Gasteiger partial charge in [0.25, 0.3) is 0 Å². The summed E-state index contributed by atoms with van der Waals surface area (Å²) < 4.78 is 13.6. The zero-order valence-electron chi connectivity index (χ0n) is 11.9. The van der Waals surface area contributed by atoms with Crippen LogP contribution in [0.2, 0.25) is 0 Å². The Bertz CT molecular complexity index is 768. The van der Waals surface area contributed by atoms with Crippen LogP contribution in [0.15, 0.2) is 54.6 Å². The van der Waals surface area contributed by atoms with E-state index in [0.29, 0.717) is 13.0 Å². The largest absolute Gasteiger partial charge is 0.370 e. The fraction of sp³-hybridized carbons (Fsp3) is 0.167. The van der Waals surface area contributed by atoms with Crippen LogP contribution in [0.25, 0.3) is 10.9 Å². The smallest absolute Gasteiger partial charge is 0.129 e. The van der Waals surface area contributed by atoms with E-state index in [1.54, 1.807) is 6.07 Å². The number of pyridine rings is 1. The first-order chi connectivity index (χ1) is 10.2. The van der Waals surface area contributed by atoms with Crippen molar-refractivity contribution >= 4 is 16.7 Å². The summed E-state index contributed by atoms with van der Waals surface area (Å²) in [5.41, 5.74) is 2.79. The molecule has 1 aromatic heterocycles. The molecule has 1 heterocycles. The molecule has 0 saturated carbocycles. The van der Waals surface area contributed by atoms with E-state index >= 15 is 0 Å². The molecule has 21 heavy (non-hydrogen) atoms. The molecule has 0 aliphatic heterocycles. The molecule has 0 radical (unpaired) electrons. The number of aryl methyl sites for hydroxylation is 1. The van der Waals surface area contributed by atoms with Crippen LogP contribution in [0, 0.1) is 12.7 Å². The van der Waals surface area contributed by atoms with E-state index in [1.165, 1.54) is 6.07 Å². The standard InChI is InChI=1S/C18H17FN2/c1-13-12-15-7-3-5-9-17(15)21-18(13)20-11-10-14-6-2-4-8-16(14)19/h2-9,12H,10-11H2,1H3,(H,20,21). The van der Waals surface area contributed by atoms with Gasteiger partial charge in [-0.05, 0) is 42.7 Å². The van der Waals surface area contributed by atoms with Gasteiger partial charge in [-0.1, -0.05) is 36.4 Å². The summed E-state index contributed by atoms with van der Waals surface area (Å²) in [6.45, 7) is 2.69. The Kier molecular flexibility index (Phi) is 3.82. The lowest BCUT2D eigenvalue weighted by atomic mass is 10.1. The topological polar surface area (TPSA) is 24.9 Å². The van der Waals surface area contributed by atoms with Gasteiger partial charge in [0.2, 0.25) is 0 Å². The lowest BCUT2D eigenvalue weighted by Crippen LogP contribution is -2.08. The molecule has 0 aliphatic carbocycles. The van der Waals surface area contributed by atoms with Gasteiger partial charge in [0.15, 0.2) is 0 Å². The van der Waals surface area contributed by atoms with Gasteiger partial charge in [0.1, 0.15) is 11.6 Å². The molecule has 0 aliphatic rings. The maximum absolute atomic E-state index is 13.6. The highest BCUT2D eigenvalue weighted by molar-refractivity contribution is 5.81. The summed E-state index contributed by atoms with van der Waals surface area (Å²) in [6.07, 6.45) is 0.640. The maximum Gasteiger partial charge on any atom is 0.129 e. The minimum absolute atomic E-state index is 0.150. The van der Waals surface area contributed by atoms with E-state index in [2.05, 4.69) is 22.4 Å². The maximum atomic E-state index is 13.6. The molecule has 106 valence electrons. The van der Waals surface area contributed by atoms with Crippen LogP contribution in [-0.2, 0) is 6.42 Å². The van der Waals surface area contributed by atoms with Crippen molar-refractivity contribution < 1.29 is 4.39 Å². The highest BCUT2D eigenvalue weighted by atomic mass is 19.1. The van der Waals surface area contributed by atoms with Crippen molar-refractivity contribution in [2.45, 2.75) is 13.3 Å². The average molecular weight is 280 g/mol. The monoisotopic (exact) mass is 280 g/mol. The first-order valence-electron chi connectivity index (χ1n) is 7.08. The highest BCUT2D eigenvalue weighted by Crippen LogP contribution is 2.19. The molecule has 0 spiro atoms. The van der Waals surface area contributed by atoms with Gasteiger partial charge < -0.3 is 5.32 Å². The van der Waals surface area contributed by atoms with E-state index in [1.807, 2.05) is 37.3 Å². The zero-order valence-corrected chi connectivity index (χ0v) is 11.9. The molecular formula is C18H17FN2. The van der Waals surface area contributed by atoms with Crippen LogP contribution in [0.3, 0.4) is 0 Å². The van der Waals surface area contributed by atoms with E-state index in [0.717, 1.165) is 27.8 Å². The fourth-order valence-electron chi connectivity index (χ4n) is 2.42. The number of halogens is 1. The molecule has 0 atom stereocenters. The molecule has 3 aromatic rings. The molecule has 0 unspecified atom stereocenters. The molecule has 0 amide bonds. The summed E-state index contributed by atoms with van der Waals surface area (Å²) in [5.74, 6) is 0.715. The van der Waals surface area contributed by atoms with Crippen LogP contribution in [-0.4, -0.2) is 11.5 Å². The average Bonchev–Trinajstić information content (AvgIpc) is 2.49. The molecule has 0 saturated heterocycles. The molecule has 1 N–H and O–H groups in total. The number of nitrogens with zero attached hydrogens (tertiary/aromatic N) is 1. The van der Waals surface area contributed by atoms with Crippen LogP contribution in [0.1, 0.15) is 11.1 Å². The predicted octanol–water partition coefficient (Wildman–Crippen LogP) is 4.34. The summed E-state index contributed by atoms with van der Waals surface area (Å²) in [6, 6.07) is 17.0.